The Morgan fingerprint density at radius 3 is 2.51 bits per heavy atom. The number of aryl methyl sites for hydroxylation is 2. The van der Waals surface area contributed by atoms with Crippen molar-refractivity contribution in [3.05, 3.63) is 107 Å². The van der Waals surface area contributed by atoms with Gasteiger partial charge in [-0.15, -0.1) is 0 Å². The Morgan fingerprint density at radius 1 is 1.03 bits per heavy atom. The summed E-state index contributed by atoms with van der Waals surface area (Å²) in [5, 5.41) is 7.08. The van der Waals surface area contributed by atoms with E-state index in [4.69, 9.17) is 12.2 Å². The number of thiocarbonyl (C=S) groups is 1. The number of benzene rings is 1. The zero-order valence-electron chi connectivity index (χ0n) is 21.2. The average molecular weight is 511 g/mol. The molecule has 1 aromatic carbocycles. The van der Waals surface area contributed by atoms with E-state index in [2.05, 4.69) is 56.0 Å². The van der Waals surface area contributed by atoms with Crippen molar-refractivity contribution in [1.29, 1.82) is 0 Å². The average Bonchev–Trinajstić information content (AvgIpc) is 3.39. The molecule has 1 saturated heterocycles. The van der Waals surface area contributed by atoms with E-state index in [1.54, 1.807) is 6.20 Å². The number of anilines is 1. The topological polar surface area (TPSA) is 75.1 Å². The summed E-state index contributed by atoms with van der Waals surface area (Å²) >= 11 is 5.80. The van der Waals surface area contributed by atoms with Crippen molar-refractivity contribution in [1.82, 2.24) is 24.8 Å². The second-order valence-electron chi connectivity index (χ2n) is 9.34. The van der Waals surface area contributed by atoms with E-state index < -0.39 is 0 Å². The van der Waals surface area contributed by atoms with Gasteiger partial charge in [0.05, 0.1) is 17.8 Å². The number of hydrogen-bond donors (Lipinski definition) is 2. The molecule has 0 aliphatic carbocycles. The molecule has 0 saturated carbocycles. The Hall–Kier alpha value is -4.04. The molecule has 1 fully saturated rings. The minimum atomic E-state index is -0.147. The van der Waals surface area contributed by atoms with Crippen molar-refractivity contribution < 1.29 is 4.79 Å². The van der Waals surface area contributed by atoms with E-state index in [0.29, 0.717) is 18.1 Å². The van der Waals surface area contributed by atoms with Crippen LogP contribution in [0.4, 0.5) is 5.69 Å². The van der Waals surface area contributed by atoms with Crippen molar-refractivity contribution >= 4 is 28.9 Å². The quantitative estimate of drug-likeness (QED) is 0.333. The lowest BCUT2D eigenvalue weighted by Crippen LogP contribution is -2.32. The molecule has 0 radical (unpaired) electrons. The van der Waals surface area contributed by atoms with Crippen LogP contribution in [-0.2, 0) is 4.79 Å². The summed E-state index contributed by atoms with van der Waals surface area (Å²) in [4.78, 5) is 24.2. The molecule has 8 heteroatoms. The van der Waals surface area contributed by atoms with Crippen molar-refractivity contribution in [3.63, 3.8) is 0 Å². The lowest BCUT2D eigenvalue weighted by molar-refractivity contribution is -0.116. The second-order valence-corrected chi connectivity index (χ2v) is 9.73. The SMILES string of the molecule is Cc1ccc(-n2c(C)cc([C@H]3[C@H](c4ccccn4)NC(=S)N3CCC(=O)Nc3ccccc3)c2C)nc1. The molecular formula is C29H30N6OS. The van der Waals surface area contributed by atoms with Crippen LogP contribution in [-0.4, -0.2) is 37.0 Å². The number of carbonyl (C=O) groups excluding carboxylic acids is 1. The van der Waals surface area contributed by atoms with Gasteiger partial charge in [-0.1, -0.05) is 30.3 Å². The summed E-state index contributed by atoms with van der Waals surface area (Å²) in [7, 11) is 0. The third-order valence-corrected chi connectivity index (χ3v) is 7.10. The molecule has 1 aliphatic rings. The number of nitrogens with one attached hydrogen (secondary N) is 2. The zero-order chi connectivity index (χ0) is 25.9. The molecule has 5 rings (SSSR count). The molecule has 2 N–H and O–H groups in total. The molecule has 4 aromatic rings. The molecule has 2 atom stereocenters. The molecule has 0 bridgehead atoms. The van der Waals surface area contributed by atoms with Crippen LogP contribution in [0.3, 0.4) is 0 Å². The molecule has 1 amide bonds. The van der Waals surface area contributed by atoms with Crippen molar-refractivity contribution in [2.24, 2.45) is 0 Å². The van der Waals surface area contributed by atoms with Gasteiger partial charge >= 0.3 is 0 Å². The maximum atomic E-state index is 12.8. The summed E-state index contributed by atoms with van der Waals surface area (Å²) in [5.74, 6) is 0.826. The van der Waals surface area contributed by atoms with Crippen LogP contribution < -0.4 is 10.6 Å². The predicted octanol–water partition coefficient (Wildman–Crippen LogP) is 5.19. The summed E-state index contributed by atoms with van der Waals surface area (Å²) in [5.41, 5.74) is 6.11. The number of carbonyl (C=O) groups is 1. The number of para-hydroxylation sites is 1. The molecule has 0 unspecified atom stereocenters. The largest absolute Gasteiger partial charge is 0.352 e. The molecule has 0 spiro atoms. The number of hydrogen-bond acceptors (Lipinski definition) is 4. The third kappa shape index (κ3) is 5.11. The van der Waals surface area contributed by atoms with E-state index >= 15 is 0 Å². The van der Waals surface area contributed by atoms with Gasteiger partial charge in [0.2, 0.25) is 5.91 Å². The molecule has 4 heterocycles. The first kappa shape index (κ1) is 24.6. The summed E-state index contributed by atoms with van der Waals surface area (Å²) < 4.78 is 2.17. The third-order valence-electron chi connectivity index (χ3n) is 6.75. The highest BCUT2D eigenvalue weighted by Crippen LogP contribution is 2.41. The number of pyridine rings is 2. The van der Waals surface area contributed by atoms with E-state index in [9.17, 15) is 4.79 Å². The van der Waals surface area contributed by atoms with Crippen LogP contribution in [0.5, 0.6) is 0 Å². The fourth-order valence-electron chi connectivity index (χ4n) is 4.98. The van der Waals surface area contributed by atoms with Gasteiger partial charge in [-0.3, -0.25) is 9.78 Å². The van der Waals surface area contributed by atoms with Gasteiger partial charge < -0.3 is 20.1 Å². The van der Waals surface area contributed by atoms with Gasteiger partial charge in [-0.05, 0) is 80.5 Å². The van der Waals surface area contributed by atoms with Crippen LogP contribution in [0, 0.1) is 20.8 Å². The van der Waals surface area contributed by atoms with Gasteiger partial charge in [0.25, 0.3) is 0 Å². The highest BCUT2D eigenvalue weighted by Gasteiger charge is 2.41. The normalized spacial score (nSPS) is 17.1. The Morgan fingerprint density at radius 2 is 1.81 bits per heavy atom. The standard InChI is InChI=1S/C29H30N6OS/c1-19-12-13-25(31-18-19)35-20(2)17-23(21(35)3)28-27(24-11-7-8-15-30-24)33-29(37)34(28)16-14-26(36)32-22-9-5-4-6-10-22/h4-13,15,17-18,27-28H,14,16H2,1-3H3,(H,32,36)(H,33,37)/t27-,28-/m0/s1. The maximum absolute atomic E-state index is 12.8. The molecule has 3 aromatic heterocycles. The lowest BCUT2D eigenvalue weighted by atomic mass is 9.96. The Labute approximate surface area is 222 Å². The molecule has 188 valence electrons. The Kier molecular flexibility index (Phi) is 7.01. The highest BCUT2D eigenvalue weighted by molar-refractivity contribution is 7.80. The first-order chi connectivity index (χ1) is 17.9. The van der Waals surface area contributed by atoms with E-state index in [-0.39, 0.29) is 18.0 Å². The van der Waals surface area contributed by atoms with E-state index in [0.717, 1.165) is 39.7 Å². The smallest absolute Gasteiger partial charge is 0.226 e. The van der Waals surface area contributed by atoms with Crippen molar-refractivity contribution in [3.8, 4) is 5.82 Å². The van der Waals surface area contributed by atoms with Gasteiger partial charge in [-0.2, -0.15) is 0 Å². The van der Waals surface area contributed by atoms with Gasteiger partial charge in [0, 0.05) is 42.4 Å². The monoisotopic (exact) mass is 510 g/mol. The van der Waals surface area contributed by atoms with Crippen LogP contribution in [0.15, 0.2) is 79.1 Å². The number of nitrogens with zero attached hydrogens (tertiary/aromatic N) is 4. The van der Waals surface area contributed by atoms with Gasteiger partial charge in [0.15, 0.2) is 5.11 Å². The van der Waals surface area contributed by atoms with Crippen LogP contribution in [0.25, 0.3) is 5.82 Å². The van der Waals surface area contributed by atoms with Crippen molar-refractivity contribution in [2.75, 3.05) is 11.9 Å². The summed E-state index contributed by atoms with van der Waals surface area (Å²) in [6.07, 6.45) is 3.99. The van der Waals surface area contributed by atoms with E-state index in [1.165, 1.54) is 0 Å². The van der Waals surface area contributed by atoms with Gasteiger partial charge in [0.1, 0.15) is 5.82 Å². The number of amides is 1. The molecular weight excluding hydrogens is 480 g/mol. The van der Waals surface area contributed by atoms with Crippen LogP contribution in [0.1, 0.15) is 46.7 Å². The molecule has 7 nitrogen and oxygen atoms in total. The summed E-state index contributed by atoms with van der Waals surface area (Å²) in [6, 6.07) is 21.4. The van der Waals surface area contributed by atoms with Crippen LogP contribution in [0.2, 0.25) is 0 Å². The minimum Gasteiger partial charge on any atom is -0.352 e. The fraction of sp³-hybridized carbons (Fsp3) is 0.241. The van der Waals surface area contributed by atoms with Gasteiger partial charge in [-0.25, -0.2) is 4.98 Å². The van der Waals surface area contributed by atoms with E-state index in [1.807, 2.05) is 67.7 Å². The Bertz CT molecular complexity index is 1400. The molecule has 1 aliphatic heterocycles. The first-order valence-electron chi connectivity index (χ1n) is 12.4. The van der Waals surface area contributed by atoms with Crippen LogP contribution >= 0.6 is 12.2 Å². The highest BCUT2D eigenvalue weighted by atomic mass is 32.1. The second kappa shape index (κ2) is 10.5. The number of aromatic nitrogens is 3. The molecule has 37 heavy (non-hydrogen) atoms. The van der Waals surface area contributed by atoms with Crippen molar-refractivity contribution in [2.45, 2.75) is 39.3 Å². The Balaban J connectivity index is 1.47. The lowest BCUT2D eigenvalue weighted by Gasteiger charge is -2.28. The first-order valence-corrected chi connectivity index (χ1v) is 12.8. The predicted molar refractivity (Wildman–Crippen MR) is 150 cm³/mol. The maximum Gasteiger partial charge on any atom is 0.226 e. The minimum absolute atomic E-state index is 0.0524. The fourth-order valence-corrected chi connectivity index (χ4v) is 5.32. The number of rotatable bonds is 7. The summed E-state index contributed by atoms with van der Waals surface area (Å²) in [6.45, 7) is 6.71. The zero-order valence-corrected chi connectivity index (χ0v) is 22.0.